The van der Waals surface area contributed by atoms with Gasteiger partial charge < -0.3 is 10.6 Å². The smallest absolute Gasteiger partial charge is 0.190 e. The molecule has 0 heterocycles. The van der Waals surface area contributed by atoms with Gasteiger partial charge in [0.25, 0.3) is 0 Å². The van der Waals surface area contributed by atoms with Gasteiger partial charge in [0.1, 0.15) is 0 Å². The first-order valence-electron chi connectivity index (χ1n) is 5.20. The molecule has 0 amide bonds. The van der Waals surface area contributed by atoms with Gasteiger partial charge in [-0.3, -0.25) is 4.99 Å². The van der Waals surface area contributed by atoms with Gasteiger partial charge in [-0.05, 0) is 18.9 Å². The third-order valence-corrected chi connectivity index (χ3v) is 2.25. The number of aryl methyl sites for hydroxylation is 1. The summed E-state index contributed by atoms with van der Waals surface area (Å²) in [7, 11) is 3.63. The molecule has 0 aliphatic rings. The second kappa shape index (κ2) is 8.38. The molecule has 3 nitrogen and oxygen atoms in total. The maximum absolute atomic E-state index is 4.05. The predicted molar refractivity (Wildman–Crippen MR) is 80.7 cm³/mol. The van der Waals surface area contributed by atoms with Crippen molar-refractivity contribution in [3.8, 4) is 0 Å². The topological polar surface area (TPSA) is 36.4 Å². The first kappa shape index (κ1) is 15.2. The van der Waals surface area contributed by atoms with Gasteiger partial charge in [-0.25, -0.2) is 0 Å². The van der Waals surface area contributed by atoms with Crippen molar-refractivity contribution < 1.29 is 0 Å². The van der Waals surface area contributed by atoms with Crippen LogP contribution >= 0.6 is 24.0 Å². The van der Waals surface area contributed by atoms with Gasteiger partial charge in [0.05, 0.1) is 0 Å². The molecule has 1 aromatic rings. The lowest BCUT2D eigenvalue weighted by atomic mass is 10.1. The molecule has 0 spiro atoms. The number of guanidine groups is 1. The Morgan fingerprint density at radius 1 is 1.38 bits per heavy atom. The molecule has 90 valence electrons. The molecule has 0 bridgehead atoms. The van der Waals surface area contributed by atoms with E-state index in [1.165, 1.54) is 11.1 Å². The van der Waals surface area contributed by atoms with Crippen molar-refractivity contribution in [1.82, 2.24) is 10.6 Å². The summed E-state index contributed by atoms with van der Waals surface area (Å²) in [5, 5.41) is 6.21. The third kappa shape index (κ3) is 5.34. The first-order valence-corrected chi connectivity index (χ1v) is 5.20. The SMILES string of the molecule is CN=C(NC)NCCc1cccc(C)c1.I. The minimum Gasteiger partial charge on any atom is -0.359 e. The average molecular weight is 333 g/mol. The lowest BCUT2D eigenvalue weighted by molar-refractivity contribution is 0.833. The fraction of sp³-hybridized carbons (Fsp3) is 0.417. The zero-order valence-corrected chi connectivity index (χ0v) is 12.4. The highest BCUT2D eigenvalue weighted by Crippen LogP contribution is 2.03. The summed E-state index contributed by atoms with van der Waals surface area (Å²) in [5.41, 5.74) is 2.67. The summed E-state index contributed by atoms with van der Waals surface area (Å²) in [6.45, 7) is 3.01. The molecule has 2 N–H and O–H groups in total. The fourth-order valence-corrected chi connectivity index (χ4v) is 1.47. The van der Waals surface area contributed by atoms with E-state index in [0.717, 1.165) is 18.9 Å². The highest BCUT2D eigenvalue weighted by Gasteiger charge is 1.95. The van der Waals surface area contributed by atoms with Crippen LogP contribution < -0.4 is 10.6 Å². The molecule has 0 aromatic heterocycles. The Kier molecular flexibility index (Phi) is 7.97. The Labute approximate surface area is 115 Å². The molecular weight excluding hydrogens is 313 g/mol. The fourth-order valence-electron chi connectivity index (χ4n) is 1.47. The lowest BCUT2D eigenvalue weighted by Gasteiger charge is -2.08. The second-order valence-electron chi connectivity index (χ2n) is 3.49. The first-order chi connectivity index (χ1) is 7.26. The molecule has 0 saturated heterocycles. The van der Waals surface area contributed by atoms with Crippen molar-refractivity contribution in [3.63, 3.8) is 0 Å². The Bertz CT molecular complexity index is 337. The molecular formula is C12H20IN3. The number of benzene rings is 1. The lowest BCUT2D eigenvalue weighted by Crippen LogP contribution is -2.35. The minimum atomic E-state index is 0. The maximum Gasteiger partial charge on any atom is 0.190 e. The molecule has 0 unspecified atom stereocenters. The number of hydrogen-bond donors (Lipinski definition) is 2. The number of aliphatic imine (C=N–C) groups is 1. The summed E-state index contributed by atoms with van der Waals surface area (Å²) in [5.74, 6) is 0.836. The van der Waals surface area contributed by atoms with Gasteiger partial charge in [-0.1, -0.05) is 29.8 Å². The largest absolute Gasteiger partial charge is 0.359 e. The quantitative estimate of drug-likeness (QED) is 0.504. The average Bonchev–Trinajstić information content (AvgIpc) is 2.25. The molecule has 4 heteroatoms. The predicted octanol–water partition coefficient (Wildman–Crippen LogP) is 1.95. The maximum atomic E-state index is 4.05. The van der Waals surface area contributed by atoms with Crippen molar-refractivity contribution in [2.45, 2.75) is 13.3 Å². The molecule has 0 radical (unpaired) electrons. The van der Waals surface area contributed by atoms with Crippen LogP contribution in [-0.4, -0.2) is 26.6 Å². The Balaban J connectivity index is 0.00000225. The monoisotopic (exact) mass is 333 g/mol. The summed E-state index contributed by atoms with van der Waals surface area (Å²) >= 11 is 0. The zero-order valence-electron chi connectivity index (χ0n) is 10.1. The van der Waals surface area contributed by atoms with E-state index in [4.69, 9.17) is 0 Å². The number of nitrogens with one attached hydrogen (secondary N) is 2. The summed E-state index contributed by atoms with van der Waals surface area (Å²) in [6.07, 6.45) is 1.02. The van der Waals surface area contributed by atoms with Crippen LogP contribution in [0.4, 0.5) is 0 Å². The molecule has 0 aliphatic heterocycles. The van der Waals surface area contributed by atoms with Crippen LogP contribution in [0.2, 0.25) is 0 Å². The third-order valence-electron chi connectivity index (χ3n) is 2.25. The van der Waals surface area contributed by atoms with Gasteiger partial charge in [0, 0.05) is 20.6 Å². The van der Waals surface area contributed by atoms with Crippen molar-refractivity contribution in [1.29, 1.82) is 0 Å². The van der Waals surface area contributed by atoms with E-state index >= 15 is 0 Å². The van der Waals surface area contributed by atoms with Crippen LogP contribution in [0.3, 0.4) is 0 Å². The van der Waals surface area contributed by atoms with Crippen LogP contribution in [-0.2, 0) is 6.42 Å². The number of rotatable bonds is 3. The van der Waals surface area contributed by atoms with Crippen molar-refractivity contribution in [3.05, 3.63) is 35.4 Å². The van der Waals surface area contributed by atoms with E-state index in [1.807, 2.05) is 7.05 Å². The summed E-state index contributed by atoms with van der Waals surface area (Å²) in [4.78, 5) is 4.05. The van der Waals surface area contributed by atoms with E-state index in [2.05, 4.69) is 46.8 Å². The Morgan fingerprint density at radius 3 is 2.69 bits per heavy atom. The number of hydrogen-bond acceptors (Lipinski definition) is 1. The van der Waals surface area contributed by atoms with Crippen molar-refractivity contribution in [2.24, 2.45) is 4.99 Å². The molecule has 1 aromatic carbocycles. The normalized spacial score (nSPS) is 10.6. The van der Waals surface area contributed by atoms with Crippen LogP contribution in [0, 0.1) is 6.92 Å². The number of halogens is 1. The molecule has 0 aliphatic carbocycles. The van der Waals surface area contributed by atoms with E-state index in [0.29, 0.717) is 0 Å². The van der Waals surface area contributed by atoms with E-state index < -0.39 is 0 Å². The highest BCUT2D eigenvalue weighted by atomic mass is 127. The molecule has 16 heavy (non-hydrogen) atoms. The van der Waals surface area contributed by atoms with Crippen LogP contribution in [0.5, 0.6) is 0 Å². The molecule has 0 atom stereocenters. The van der Waals surface area contributed by atoms with E-state index in [-0.39, 0.29) is 24.0 Å². The van der Waals surface area contributed by atoms with Gasteiger partial charge in [0.15, 0.2) is 5.96 Å². The molecule has 0 fully saturated rings. The molecule has 1 rings (SSSR count). The Morgan fingerprint density at radius 2 is 2.12 bits per heavy atom. The summed E-state index contributed by atoms with van der Waals surface area (Å²) in [6, 6.07) is 8.57. The van der Waals surface area contributed by atoms with E-state index in [9.17, 15) is 0 Å². The van der Waals surface area contributed by atoms with Gasteiger partial charge in [-0.2, -0.15) is 0 Å². The van der Waals surface area contributed by atoms with Crippen molar-refractivity contribution >= 4 is 29.9 Å². The van der Waals surface area contributed by atoms with E-state index in [1.54, 1.807) is 7.05 Å². The Hall–Kier alpha value is -0.780. The van der Waals surface area contributed by atoms with Gasteiger partial charge in [0.2, 0.25) is 0 Å². The van der Waals surface area contributed by atoms with Gasteiger partial charge >= 0.3 is 0 Å². The summed E-state index contributed by atoms with van der Waals surface area (Å²) < 4.78 is 0. The highest BCUT2D eigenvalue weighted by molar-refractivity contribution is 14.0. The molecule has 0 saturated carbocycles. The van der Waals surface area contributed by atoms with Crippen molar-refractivity contribution in [2.75, 3.05) is 20.6 Å². The van der Waals surface area contributed by atoms with Crippen LogP contribution in [0.25, 0.3) is 0 Å². The van der Waals surface area contributed by atoms with Crippen LogP contribution in [0.15, 0.2) is 29.3 Å². The zero-order chi connectivity index (χ0) is 11.1. The van der Waals surface area contributed by atoms with Gasteiger partial charge in [-0.15, -0.1) is 24.0 Å². The standard InChI is InChI=1S/C12H19N3.HI/c1-10-5-4-6-11(9-10)7-8-15-12(13-2)14-3;/h4-6,9H,7-8H2,1-3H3,(H2,13,14,15);1H. The second-order valence-corrected chi connectivity index (χ2v) is 3.49. The minimum absolute atomic E-state index is 0. The van der Waals surface area contributed by atoms with Crippen LogP contribution in [0.1, 0.15) is 11.1 Å². The number of nitrogens with zero attached hydrogens (tertiary/aromatic N) is 1.